The first kappa shape index (κ1) is 15.0. The first-order valence-electron chi connectivity index (χ1n) is 6.31. The zero-order valence-corrected chi connectivity index (χ0v) is 12.0. The van der Waals surface area contributed by atoms with Crippen LogP contribution in [0.4, 0.5) is 5.69 Å². The molecule has 0 heterocycles. The van der Waals surface area contributed by atoms with Crippen LogP contribution in [0.3, 0.4) is 0 Å². The van der Waals surface area contributed by atoms with E-state index >= 15 is 0 Å². The molecule has 0 aliphatic carbocycles. The Labute approximate surface area is 114 Å². The summed E-state index contributed by atoms with van der Waals surface area (Å²) in [6, 6.07) is 9.33. The van der Waals surface area contributed by atoms with Crippen molar-refractivity contribution in [3.8, 4) is 6.07 Å². The SMILES string of the molecule is CC(CC#N)N(C)C(=O)C(C)(C)c1ccc(N)cc1. The average Bonchev–Trinajstić information content (AvgIpc) is 2.37. The number of hydrogen-bond donors (Lipinski definition) is 1. The Morgan fingerprint density at radius 2 is 1.95 bits per heavy atom. The van der Waals surface area contributed by atoms with Crippen LogP contribution < -0.4 is 5.73 Å². The molecule has 1 unspecified atom stereocenters. The van der Waals surface area contributed by atoms with Crippen molar-refractivity contribution >= 4 is 11.6 Å². The molecule has 0 aliphatic heterocycles. The second-order valence-electron chi connectivity index (χ2n) is 5.37. The van der Waals surface area contributed by atoms with Gasteiger partial charge in [-0.05, 0) is 38.5 Å². The number of benzene rings is 1. The van der Waals surface area contributed by atoms with E-state index in [0.29, 0.717) is 12.1 Å². The van der Waals surface area contributed by atoms with Crippen molar-refractivity contribution in [1.29, 1.82) is 5.26 Å². The van der Waals surface area contributed by atoms with Crippen LogP contribution in [0.15, 0.2) is 24.3 Å². The van der Waals surface area contributed by atoms with Gasteiger partial charge in [0.15, 0.2) is 0 Å². The minimum absolute atomic E-state index is 0.0000198. The van der Waals surface area contributed by atoms with Crippen molar-refractivity contribution in [3.63, 3.8) is 0 Å². The van der Waals surface area contributed by atoms with E-state index in [2.05, 4.69) is 6.07 Å². The molecule has 0 bridgehead atoms. The van der Waals surface area contributed by atoms with Crippen LogP contribution in [-0.4, -0.2) is 23.9 Å². The molecule has 0 fully saturated rings. The monoisotopic (exact) mass is 259 g/mol. The molecular formula is C15H21N3O. The number of nitrogens with zero attached hydrogens (tertiary/aromatic N) is 2. The summed E-state index contributed by atoms with van der Waals surface area (Å²) in [6.07, 6.45) is 0.333. The van der Waals surface area contributed by atoms with Crippen molar-refractivity contribution in [3.05, 3.63) is 29.8 Å². The molecule has 102 valence electrons. The van der Waals surface area contributed by atoms with Crippen LogP contribution in [-0.2, 0) is 10.2 Å². The maximum absolute atomic E-state index is 12.6. The van der Waals surface area contributed by atoms with E-state index in [1.54, 1.807) is 24.1 Å². The number of carbonyl (C=O) groups excluding carboxylic acids is 1. The largest absolute Gasteiger partial charge is 0.399 e. The highest BCUT2D eigenvalue weighted by Crippen LogP contribution is 2.27. The first-order valence-corrected chi connectivity index (χ1v) is 6.31. The molecule has 1 aromatic carbocycles. The average molecular weight is 259 g/mol. The van der Waals surface area contributed by atoms with Crippen LogP contribution in [0, 0.1) is 11.3 Å². The smallest absolute Gasteiger partial charge is 0.232 e. The number of hydrogen-bond acceptors (Lipinski definition) is 3. The van der Waals surface area contributed by atoms with E-state index in [0.717, 1.165) is 5.56 Å². The lowest BCUT2D eigenvalue weighted by Gasteiger charge is -2.32. The van der Waals surface area contributed by atoms with Gasteiger partial charge in [0.2, 0.25) is 5.91 Å². The summed E-state index contributed by atoms with van der Waals surface area (Å²) in [4.78, 5) is 14.2. The fraction of sp³-hybridized carbons (Fsp3) is 0.467. The van der Waals surface area contributed by atoms with E-state index in [1.165, 1.54) is 0 Å². The first-order chi connectivity index (χ1) is 8.80. The summed E-state index contributed by atoms with van der Waals surface area (Å²) in [7, 11) is 1.74. The van der Waals surface area contributed by atoms with Crippen LogP contribution in [0.1, 0.15) is 32.8 Å². The number of amides is 1. The summed E-state index contributed by atoms with van der Waals surface area (Å²) in [6.45, 7) is 5.65. The molecule has 0 saturated carbocycles. The maximum Gasteiger partial charge on any atom is 0.232 e. The van der Waals surface area contributed by atoms with Gasteiger partial charge in [-0.1, -0.05) is 12.1 Å². The third-order valence-corrected chi connectivity index (χ3v) is 3.54. The van der Waals surface area contributed by atoms with Gasteiger partial charge in [-0.2, -0.15) is 5.26 Å². The Balaban J connectivity index is 2.96. The van der Waals surface area contributed by atoms with Crippen molar-refractivity contribution in [2.75, 3.05) is 12.8 Å². The molecule has 4 heteroatoms. The Hall–Kier alpha value is -2.02. The molecule has 0 radical (unpaired) electrons. The van der Waals surface area contributed by atoms with Gasteiger partial charge in [-0.25, -0.2) is 0 Å². The summed E-state index contributed by atoms with van der Waals surface area (Å²) >= 11 is 0. The zero-order chi connectivity index (χ0) is 14.6. The Kier molecular flexibility index (Phi) is 4.55. The Bertz CT molecular complexity index is 485. The van der Waals surface area contributed by atoms with Crippen molar-refractivity contribution in [2.24, 2.45) is 0 Å². The molecule has 0 spiro atoms. The van der Waals surface area contributed by atoms with Gasteiger partial charge in [0.1, 0.15) is 0 Å². The summed E-state index contributed by atoms with van der Waals surface area (Å²) in [5.41, 5.74) is 6.63. The van der Waals surface area contributed by atoms with Gasteiger partial charge >= 0.3 is 0 Å². The van der Waals surface area contributed by atoms with Crippen LogP contribution in [0.25, 0.3) is 0 Å². The van der Waals surface area contributed by atoms with E-state index < -0.39 is 5.41 Å². The lowest BCUT2D eigenvalue weighted by atomic mass is 9.83. The van der Waals surface area contributed by atoms with Crippen LogP contribution >= 0.6 is 0 Å². The van der Waals surface area contributed by atoms with Gasteiger partial charge < -0.3 is 10.6 Å². The summed E-state index contributed by atoms with van der Waals surface area (Å²) in [5, 5.41) is 8.72. The third kappa shape index (κ3) is 3.25. The van der Waals surface area contributed by atoms with E-state index in [-0.39, 0.29) is 11.9 Å². The molecule has 0 saturated heterocycles. The van der Waals surface area contributed by atoms with Crippen molar-refractivity contribution in [2.45, 2.75) is 38.6 Å². The number of nitrogens with two attached hydrogens (primary N) is 1. The number of nitrogen functional groups attached to an aromatic ring is 1. The number of anilines is 1. The Morgan fingerprint density at radius 3 is 2.42 bits per heavy atom. The highest BCUT2D eigenvalue weighted by atomic mass is 16.2. The van der Waals surface area contributed by atoms with Crippen LogP contribution in [0.5, 0.6) is 0 Å². The van der Waals surface area contributed by atoms with E-state index in [4.69, 9.17) is 11.0 Å². The fourth-order valence-corrected chi connectivity index (χ4v) is 1.93. The molecule has 1 atom stereocenters. The van der Waals surface area contributed by atoms with Crippen molar-refractivity contribution in [1.82, 2.24) is 4.90 Å². The molecule has 2 N–H and O–H groups in total. The topological polar surface area (TPSA) is 70.1 Å². The number of carbonyl (C=O) groups is 1. The Morgan fingerprint density at radius 1 is 1.42 bits per heavy atom. The number of nitriles is 1. The predicted octanol–water partition coefficient (Wildman–Crippen LogP) is 2.31. The summed E-state index contributed by atoms with van der Waals surface area (Å²) in [5.74, 6) is 0.0000198. The maximum atomic E-state index is 12.6. The molecule has 19 heavy (non-hydrogen) atoms. The second kappa shape index (κ2) is 5.75. The molecule has 0 aromatic heterocycles. The molecular weight excluding hydrogens is 238 g/mol. The highest BCUT2D eigenvalue weighted by molar-refractivity contribution is 5.87. The lowest BCUT2D eigenvalue weighted by molar-refractivity contribution is -0.136. The van der Waals surface area contributed by atoms with Crippen molar-refractivity contribution < 1.29 is 4.79 Å². The van der Waals surface area contributed by atoms with Gasteiger partial charge in [-0.15, -0.1) is 0 Å². The molecule has 1 rings (SSSR count). The molecule has 4 nitrogen and oxygen atoms in total. The fourth-order valence-electron chi connectivity index (χ4n) is 1.93. The van der Waals surface area contributed by atoms with Gasteiger partial charge in [0.05, 0.1) is 17.9 Å². The minimum atomic E-state index is -0.633. The van der Waals surface area contributed by atoms with E-state index in [1.807, 2.05) is 32.9 Å². The quantitative estimate of drug-likeness (QED) is 0.843. The van der Waals surface area contributed by atoms with Gasteiger partial charge in [0, 0.05) is 18.8 Å². The summed E-state index contributed by atoms with van der Waals surface area (Å²) < 4.78 is 0. The van der Waals surface area contributed by atoms with Gasteiger partial charge in [-0.3, -0.25) is 4.79 Å². The minimum Gasteiger partial charge on any atom is -0.399 e. The lowest BCUT2D eigenvalue weighted by Crippen LogP contribution is -2.45. The standard InChI is InChI=1S/C15H21N3O/c1-11(9-10-16)18(4)14(19)15(2,3)12-5-7-13(17)8-6-12/h5-8,11H,9,17H2,1-4H3. The number of likely N-dealkylation sites (N-methyl/N-ethyl adjacent to an activating group) is 1. The highest BCUT2D eigenvalue weighted by Gasteiger charge is 2.33. The number of rotatable bonds is 4. The zero-order valence-electron chi connectivity index (χ0n) is 12.0. The van der Waals surface area contributed by atoms with Gasteiger partial charge in [0.25, 0.3) is 0 Å². The normalized spacial score (nSPS) is 12.6. The predicted molar refractivity (Wildman–Crippen MR) is 76.3 cm³/mol. The molecule has 1 amide bonds. The third-order valence-electron chi connectivity index (χ3n) is 3.54. The van der Waals surface area contributed by atoms with E-state index in [9.17, 15) is 4.79 Å². The second-order valence-corrected chi connectivity index (χ2v) is 5.37. The van der Waals surface area contributed by atoms with Crippen LogP contribution in [0.2, 0.25) is 0 Å². The molecule has 0 aliphatic rings. The molecule has 1 aromatic rings.